The van der Waals surface area contributed by atoms with E-state index in [0.29, 0.717) is 17.4 Å². The van der Waals surface area contributed by atoms with Crippen molar-refractivity contribution in [1.82, 2.24) is 9.80 Å². The maximum Gasteiger partial charge on any atom is 0.227 e. The molecule has 23 heavy (non-hydrogen) atoms. The van der Waals surface area contributed by atoms with Crippen molar-refractivity contribution in [3.8, 4) is 0 Å². The van der Waals surface area contributed by atoms with Crippen molar-refractivity contribution in [2.75, 3.05) is 32.7 Å². The van der Waals surface area contributed by atoms with Crippen molar-refractivity contribution in [3.63, 3.8) is 0 Å². The summed E-state index contributed by atoms with van der Waals surface area (Å²) >= 11 is 5.86. The molecule has 1 saturated carbocycles. The van der Waals surface area contributed by atoms with E-state index in [1.165, 1.54) is 12.8 Å². The topological polar surface area (TPSA) is 43.8 Å². The molecule has 0 spiro atoms. The van der Waals surface area contributed by atoms with Crippen LogP contribution in [-0.4, -0.2) is 59.6 Å². The summed E-state index contributed by atoms with van der Waals surface area (Å²) in [4.78, 5) is 16.5. The summed E-state index contributed by atoms with van der Waals surface area (Å²) in [6.07, 6.45) is 2.58. The van der Waals surface area contributed by atoms with Gasteiger partial charge in [-0.1, -0.05) is 23.7 Å². The third-order valence-electron chi connectivity index (χ3n) is 4.61. The van der Waals surface area contributed by atoms with E-state index in [2.05, 4.69) is 4.90 Å². The maximum absolute atomic E-state index is 12.3. The van der Waals surface area contributed by atoms with Gasteiger partial charge in [-0.25, -0.2) is 0 Å². The highest BCUT2D eigenvalue weighted by Gasteiger charge is 2.32. The minimum atomic E-state index is -0.184. The molecule has 2 fully saturated rings. The Bertz CT molecular complexity index is 512. The van der Waals surface area contributed by atoms with E-state index in [-0.39, 0.29) is 24.4 Å². The first-order valence-corrected chi connectivity index (χ1v) is 8.42. The Balaban J connectivity index is 0.00000192. The van der Waals surface area contributed by atoms with Crippen LogP contribution >= 0.6 is 24.0 Å². The number of rotatable bonds is 5. The number of hydrogen-bond acceptors (Lipinski definition) is 3. The van der Waals surface area contributed by atoms with Crippen molar-refractivity contribution in [2.45, 2.75) is 25.4 Å². The van der Waals surface area contributed by atoms with E-state index in [9.17, 15) is 9.90 Å². The van der Waals surface area contributed by atoms with Gasteiger partial charge in [0.1, 0.15) is 0 Å². The van der Waals surface area contributed by atoms with Gasteiger partial charge in [0, 0.05) is 37.7 Å². The zero-order valence-corrected chi connectivity index (χ0v) is 14.7. The summed E-state index contributed by atoms with van der Waals surface area (Å²) in [5.74, 6) is 0.689. The van der Waals surface area contributed by atoms with E-state index in [1.807, 2.05) is 29.2 Å². The fourth-order valence-corrected chi connectivity index (χ4v) is 3.09. The molecule has 2 aliphatic rings. The van der Waals surface area contributed by atoms with E-state index in [0.717, 1.165) is 38.3 Å². The van der Waals surface area contributed by atoms with Crippen LogP contribution in [0.3, 0.4) is 0 Å². The number of aliphatic hydroxyl groups is 1. The Morgan fingerprint density at radius 3 is 2.35 bits per heavy atom. The van der Waals surface area contributed by atoms with E-state index < -0.39 is 0 Å². The van der Waals surface area contributed by atoms with Gasteiger partial charge in [0.25, 0.3) is 0 Å². The zero-order valence-electron chi connectivity index (χ0n) is 13.2. The maximum atomic E-state index is 12.3. The predicted molar refractivity (Wildman–Crippen MR) is 94.2 cm³/mol. The highest BCUT2D eigenvalue weighted by Crippen LogP contribution is 2.32. The third-order valence-corrected chi connectivity index (χ3v) is 4.86. The Morgan fingerprint density at radius 2 is 1.78 bits per heavy atom. The fourth-order valence-electron chi connectivity index (χ4n) is 2.96. The van der Waals surface area contributed by atoms with Gasteiger partial charge >= 0.3 is 0 Å². The van der Waals surface area contributed by atoms with Gasteiger partial charge in [-0.05, 0) is 36.5 Å². The lowest BCUT2D eigenvalue weighted by Crippen LogP contribution is -2.51. The van der Waals surface area contributed by atoms with Gasteiger partial charge in [0.2, 0.25) is 5.91 Å². The lowest BCUT2D eigenvalue weighted by molar-refractivity contribution is -0.132. The lowest BCUT2D eigenvalue weighted by atomic mass is 10.1. The Kier molecular flexibility index (Phi) is 6.72. The van der Waals surface area contributed by atoms with Crippen LogP contribution in [0.4, 0.5) is 0 Å². The standard InChI is InChI=1S/C17H23ClN2O2.ClH/c18-15-5-1-13(2-6-15)11-17(22)20-9-7-19(8-10-20)12-16(21)14-3-4-14;/h1-2,5-6,14,16,21H,3-4,7-12H2;1H. The molecule has 1 N–H and O–H groups in total. The van der Waals surface area contributed by atoms with Gasteiger partial charge in [-0.2, -0.15) is 0 Å². The van der Waals surface area contributed by atoms with Crippen LogP contribution in [0.25, 0.3) is 0 Å². The lowest BCUT2D eigenvalue weighted by Gasteiger charge is -2.35. The number of aliphatic hydroxyl groups excluding tert-OH is 1. The zero-order chi connectivity index (χ0) is 15.5. The summed E-state index contributed by atoms with van der Waals surface area (Å²) < 4.78 is 0. The van der Waals surface area contributed by atoms with Crippen LogP contribution < -0.4 is 0 Å². The molecule has 128 valence electrons. The number of carbonyl (C=O) groups excluding carboxylic acids is 1. The van der Waals surface area contributed by atoms with Crippen molar-refractivity contribution >= 4 is 29.9 Å². The number of nitrogens with zero attached hydrogens (tertiary/aromatic N) is 2. The van der Waals surface area contributed by atoms with Gasteiger partial charge in [-0.3, -0.25) is 9.69 Å². The van der Waals surface area contributed by atoms with E-state index in [4.69, 9.17) is 11.6 Å². The van der Waals surface area contributed by atoms with Gasteiger partial charge in [-0.15, -0.1) is 12.4 Å². The smallest absolute Gasteiger partial charge is 0.227 e. The van der Waals surface area contributed by atoms with Crippen LogP contribution in [0.1, 0.15) is 18.4 Å². The molecule has 1 amide bonds. The first-order chi connectivity index (χ1) is 10.6. The first-order valence-electron chi connectivity index (χ1n) is 8.04. The first kappa shape index (κ1) is 18.5. The summed E-state index contributed by atoms with van der Waals surface area (Å²) in [7, 11) is 0. The summed E-state index contributed by atoms with van der Waals surface area (Å²) in [6.45, 7) is 3.98. The molecule has 1 unspecified atom stereocenters. The molecule has 0 radical (unpaired) electrons. The molecule has 1 heterocycles. The van der Waals surface area contributed by atoms with Gasteiger partial charge in [0.05, 0.1) is 12.5 Å². The summed E-state index contributed by atoms with van der Waals surface area (Å²) in [5, 5.41) is 10.7. The monoisotopic (exact) mass is 358 g/mol. The van der Waals surface area contributed by atoms with Crippen molar-refractivity contribution in [3.05, 3.63) is 34.9 Å². The number of amides is 1. The van der Waals surface area contributed by atoms with Gasteiger partial charge < -0.3 is 10.0 Å². The normalized spacial score (nSPS) is 20.0. The Morgan fingerprint density at radius 1 is 1.17 bits per heavy atom. The largest absolute Gasteiger partial charge is 0.392 e. The number of β-amino-alcohol motifs (C(OH)–C–C–N with tert-alkyl or cyclic N) is 1. The molecule has 4 nitrogen and oxygen atoms in total. The molecule has 1 aliphatic heterocycles. The quantitative estimate of drug-likeness (QED) is 0.877. The minimum Gasteiger partial charge on any atom is -0.392 e. The number of carbonyl (C=O) groups is 1. The van der Waals surface area contributed by atoms with Crippen molar-refractivity contribution in [2.24, 2.45) is 5.92 Å². The minimum absolute atomic E-state index is 0. The fraction of sp³-hybridized carbons (Fsp3) is 0.588. The summed E-state index contributed by atoms with van der Waals surface area (Å²) in [5.41, 5.74) is 1.00. The average Bonchev–Trinajstić information content (AvgIpc) is 3.35. The van der Waals surface area contributed by atoms with E-state index >= 15 is 0 Å². The molecule has 6 heteroatoms. The molecule has 0 aromatic heterocycles. The predicted octanol–water partition coefficient (Wildman–Crippen LogP) is 2.22. The number of piperazine rings is 1. The number of benzene rings is 1. The molecule has 0 bridgehead atoms. The van der Waals surface area contributed by atoms with Crippen LogP contribution in [0, 0.1) is 5.92 Å². The van der Waals surface area contributed by atoms with Crippen molar-refractivity contribution in [1.29, 1.82) is 0 Å². The molecule has 1 atom stereocenters. The molecule has 1 saturated heterocycles. The van der Waals surface area contributed by atoms with Crippen LogP contribution in [-0.2, 0) is 11.2 Å². The SMILES string of the molecule is Cl.O=C(Cc1ccc(Cl)cc1)N1CCN(CC(O)C2CC2)CC1. The second-order valence-electron chi connectivity index (χ2n) is 6.39. The molecular formula is C17H24Cl2N2O2. The van der Waals surface area contributed by atoms with Crippen molar-refractivity contribution < 1.29 is 9.90 Å². The molecule has 1 aromatic rings. The van der Waals surface area contributed by atoms with Gasteiger partial charge in [0.15, 0.2) is 0 Å². The van der Waals surface area contributed by atoms with Crippen LogP contribution in [0.15, 0.2) is 24.3 Å². The summed E-state index contributed by atoms with van der Waals surface area (Å²) in [6, 6.07) is 7.45. The molecule has 1 aromatic carbocycles. The second-order valence-corrected chi connectivity index (χ2v) is 6.83. The number of hydrogen-bond donors (Lipinski definition) is 1. The molecule has 3 rings (SSSR count). The Hall–Kier alpha value is -0.810. The molecular weight excluding hydrogens is 335 g/mol. The Labute approximate surface area is 148 Å². The number of halogens is 2. The molecule has 1 aliphatic carbocycles. The highest BCUT2D eigenvalue weighted by molar-refractivity contribution is 6.30. The highest BCUT2D eigenvalue weighted by atomic mass is 35.5. The van der Waals surface area contributed by atoms with Crippen LogP contribution in [0.5, 0.6) is 0 Å². The van der Waals surface area contributed by atoms with E-state index in [1.54, 1.807) is 0 Å². The second kappa shape index (κ2) is 8.34. The third kappa shape index (κ3) is 5.35. The average molecular weight is 359 g/mol. The van der Waals surface area contributed by atoms with Crippen LogP contribution in [0.2, 0.25) is 5.02 Å².